The van der Waals surface area contributed by atoms with Crippen molar-refractivity contribution in [2.24, 2.45) is 0 Å². The van der Waals surface area contributed by atoms with Crippen LogP contribution in [0.15, 0.2) is 144 Å². The SMILES string of the molecule is O=C(CSc1ccc(NC(=O)/C(=C/c2ccc(-c3ccccc3)cc2)NC(=O)c2ccccc2)cc1)Nc1ccc(C(=O)O)cc1. The van der Waals surface area contributed by atoms with Crippen molar-refractivity contribution < 1.29 is 24.3 Å². The molecular weight excluding hydrogens is 598 g/mol. The van der Waals surface area contributed by atoms with Gasteiger partial charge in [-0.2, -0.15) is 0 Å². The Labute approximate surface area is 270 Å². The highest BCUT2D eigenvalue weighted by atomic mass is 32.2. The van der Waals surface area contributed by atoms with Crippen molar-refractivity contribution in [2.45, 2.75) is 4.90 Å². The molecule has 5 rings (SSSR count). The van der Waals surface area contributed by atoms with Gasteiger partial charge in [-0.25, -0.2) is 4.79 Å². The standard InChI is InChI=1S/C37H29N3O5S/c41-34(38-30-17-15-29(16-18-30)37(44)45)24-46-32-21-19-31(20-22-32)39-36(43)33(40-35(42)28-9-5-2-6-10-28)23-25-11-13-27(14-12-25)26-7-3-1-4-8-26/h1-23H,24H2,(H,38,41)(H,39,43)(H,40,42)(H,44,45)/b33-23-. The van der Waals surface area contributed by atoms with Crippen molar-refractivity contribution in [3.63, 3.8) is 0 Å². The van der Waals surface area contributed by atoms with Crippen LogP contribution in [0.2, 0.25) is 0 Å². The molecule has 0 fully saturated rings. The van der Waals surface area contributed by atoms with E-state index in [1.807, 2.05) is 60.7 Å². The molecule has 9 heteroatoms. The predicted molar refractivity (Wildman–Crippen MR) is 182 cm³/mol. The number of carboxylic acids is 1. The molecule has 0 aromatic heterocycles. The molecule has 4 N–H and O–H groups in total. The molecule has 0 spiro atoms. The van der Waals surface area contributed by atoms with Crippen molar-refractivity contribution >= 4 is 52.9 Å². The van der Waals surface area contributed by atoms with Gasteiger partial charge < -0.3 is 21.1 Å². The Morgan fingerprint density at radius 1 is 0.609 bits per heavy atom. The second-order valence-electron chi connectivity index (χ2n) is 10.1. The summed E-state index contributed by atoms with van der Waals surface area (Å²) in [5.74, 6) is -2.05. The topological polar surface area (TPSA) is 125 Å². The smallest absolute Gasteiger partial charge is 0.335 e. The predicted octanol–water partition coefficient (Wildman–Crippen LogP) is 7.19. The number of benzene rings is 5. The average molecular weight is 628 g/mol. The normalized spacial score (nSPS) is 10.9. The van der Waals surface area contributed by atoms with Gasteiger partial charge in [-0.3, -0.25) is 14.4 Å². The van der Waals surface area contributed by atoms with E-state index in [1.165, 1.54) is 36.0 Å². The molecular formula is C37H29N3O5S. The monoisotopic (exact) mass is 627 g/mol. The van der Waals surface area contributed by atoms with Gasteiger partial charge in [0.25, 0.3) is 11.8 Å². The summed E-state index contributed by atoms with van der Waals surface area (Å²) in [6.07, 6.45) is 1.63. The molecule has 5 aromatic rings. The summed E-state index contributed by atoms with van der Waals surface area (Å²) in [5.41, 5.74) is 4.49. The number of thioether (sulfide) groups is 1. The van der Waals surface area contributed by atoms with Crippen molar-refractivity contribution in [2.75, 3.05) is 16.4 Å². The molecule has 0 heterocycles. The van der Waals surface area contributed by atoms with E-state index < -0.39 is 17.8 Å². The van der Waals surface area contributed by atoms with Gasteiger partial charge in [0.05, 0.1) is 11.3 Å². The van der Waals surface area contributed by atoms with Gasteiger partial charge in [-0.15, -0.1) is 11.8 Å². The van der Waals surface area contributed by atoms with E-state index in [0.717, 1.165) is 21.6 Å². The Morgan fingerprint density at radius 2 is 1.17 bits per heavy atom. The maximum absolute atomic E-state index is 13.4. The van der Waals surface area contributed by atoms with Gasteiger partial charge in [0.1, 0.15) is 5.70 Å². The molecule has 0 aliphatic heterocycles. The minimum absolute atomic E-state index is 0.0767. The lowest BCUT2D eigenvalue weighted by atomic mass is 10.0. The third-order valence-corrected chi connectivity index (χ3v) is 7.77. The van der Waals surface area contributed by atoms with Crippen LogP contribution in [-0.2, 0) is 9.59 Å². The molecule has 0 radical (unpaired) electrons. The summed E-state index contributed by atoms with van der Waals surface area (Å²) in [4.78, 5) is 50.6. The fraction of sp³-hybridized carbons (Fsp3) is 0.0270. The van der Waals surface area contributed by atoms with Crippen LogP contribution in [0.3, 0.4) is 0 Å². The van der Waals surface area contributed by atoms with Crippen molar-refractivity contribution in [1.29, 1.82) is 0 Å². The van der Waals surface area contributed by atoms with Crippen LogP contribution in [-0.4, -0.2) is 34.6 Å². The Bertz CT molecular complexity index is 1860. The molecule has 228 valence electrons. The van der Waals surface area contributed by atoms with Crippen LogP contribution in [0.4, 0.5) is 11.4 Å². The first-order chi connectivity index (χ1) is 22.3. The van der Waals surface area contributed by atoms with Gasteiger partial charge in [-0.05, 0) is 83.4 Å². The number of carbonyl (C=O) groups is 4. The summed E-state index contributed by atoms with van der Waals surface area (Å²) in [5, 5.41) is 17.3. The summed E-state index contributed by atoms with van der Waals surface area (Å²) < 4.78 is 0. The number of amides is 3. The highest BCUT2D eigenvalue weighted by molar-refractivity contribution is 8.00. The van der Waals surface area contributed by atoms with Crippen LogP contribution in [0.1, 0.15) is 26.3 Å². The fourth-order valence-corrected chi connectivity index (χ4v) is 5.08. The van der Waals surface area contributed by atoms with E-state index in [1.54, 1.807) is 54.6 Å². The second kappa shape index (κ2) is 15.2. The molecule has 3 amide bonds. The van der Waals surface area contributed by atoms with E-state index in [9.17, 15) is 19.2 Å². The summed E-state index contributed by atoms with van der Waals surface area (Å²) in [6, 6.07) is 39.2. The largest absolute Gasteiger partial charge is 0.478 e. The van der Waals surface area contributed by atoms with Crippen LogP contribution in [0.5, 0.6) is 0 Å². The number of anilines is 2. The molecule has 0 aliphatic rings. The van der Waals surface area contributed by atoms with Crippen LogP contribution in [0, 0.1) is 0 Å². The molecule has 0 unspecified atom stereocenters. The second-order valence-corrected chi connectivity index (χ2v) is 11.1. The van der Waals surface area contributed by atoms with Crippen molar-refractivity contribution in [3.8, 4) is 11.1 Å². The van der Waals surface area contributed by atoms with E-state index in [4.69, 9.17) is 5.11 Å². The van der Waals surface area contributed by atoms with Crippen molar-refractivity contribution in [3.05, 3.63) is 156 Å². The average Bonchev–Trinajstić information content (AvgIpc) is 3.09. The van der Waals surface area contributed by atoms with Gasteiger partial charge >= 0.3 is 5.97 Å². The van der Waals surface area contributed by atoms with E-state index in [0.29, 0.717) is 16.9 Å². The number of hydrogen-bond acceptors (Lipinski definition) is 5. The molecule has 5 aromatic carbocycles. The Kier molecular flexibility index (Phi) is 10.4. The quantitative estimate of drug-likeness (QED) is 0.0908. The lowest BCUT2D eigenvalue weighted by Crippen LogP contribution is -2.30. The lowest BCUT2D eigenvalue weighted by molar-refractivity contribution is -0.114. The number of aromatic carboxylic acids is 1. The first kappa shape index (κ1) is 31.5. The summed E-state index contributed by atoms with van der Waals surface area (Å²) >= 11 is 1.31. The zero-order valence-electron chi connectivity index (χ0n) is 24.5. The summed E-state index contributed by atoms with van der Waals surface area (Å²) in [6.45, 7) is 0. The maximum atomic E-state index is 13.4. The van der Waals surface area contributed by atoms with Crippen molar-refractivity contribution in [1.82, 2.24) is 5.32 Å². The number of carboxylic acid groups (broad SMARTS) is 1. The highest BCUT2D eigenvalue weighted by Crippen LogP contribution is 2.23. The first-order valence-corrected chi connectivity index (χ1v) is 15.2. The summed E-state index contributed by atoms with van der Waals surface area (Å²) in [7, 11) is 0. The fourth-order valence-electron chi connectivity index (χ4n) is 4.39. The third kappa shape index (κ3) is 8.81. The maximum Gasteiger partial charge on any atom is 0.335 e. The minimum atomic E-state index is -1.04. The molecule has 0 bridgehead atoms. The van der Waals surface area contributed by atoms with E-state index >= 15 is 0 Å². The molecule has 0 saturated heterocycles. The molecule has 8 nitrogen and oxygen atoms in total. The van der Waals surface area contributed by atoms with E-state index in [-0.39, 0.29) is 22.9 Å². The van der Waals surface area contributed by atoms with Gasteiger partial charge in [0, 0.05) is 21.8 Å². The van der Waals surface area contributed by atoms with Gasteiger partial charge in [-0.1, -0.05) is 72.8 Å². The molecule has 46 heavy (non-hydrogen) atoms. The van der Waals surface area contributed by atoms with Crippen LogP contribution >= 0.6 is 11.8 Å². The third-order valence-electron chi connectivity index (χ3n) is 6.76. The number of nitrogens with one attached hydrogen (secondary N) is 3. The zero-order valence-corrected chi connectivity index (χ0v) is 25.3. The highest BCUT2D eigenvalue weighted by Gasteiger charge is 2.15. The van der Waals surface area contributed by atoms with Gasteiger partial charge in [0.2, 0.25) is 5.91 Å². The number of carbonyl (C=O) groups excluding carboxylic acids is 3. The van der Waals surface area contributed by atoms with Crippen LogP contribution < -0.4 is 16.0 Å². The Morgan fingerprint density at radius 3 is 1.80 bits per heavy atom. The number of hydrogen-bond donors (Lipinski definition) is 4. The molecule has 0 aliphatic carbocycles. The van der Waals surface area contributed by atoms with Crippen LogP contribution in [0.25, 0.3) is 17.2 Å². The first-order valence-electron chi connectivity index (χ1n) is 14.2. The Hall–Kier alpha value is -5.93. The zero-order chi connectivity index (χ0) is 32.3. The Balaban J connectivity index is 1.24. The minimum Gasteiger partial charge on any atom is -0.478 e. The molecule has 0 atom stereocenters. The van der Waals surface area contributed by atoms with E-state index in [2.05, 4.69) is 16.0 Å². The number of rotatable bonds is 11. The lowest BCUT2D eigenvalue weighted by Gasteiger charge is -2.12. The van der Waals surface area contributed by atoms with Gasteiger partial charge in [0.15, 0.2) is 0 Å². The molecule has 0 saturated carbocycles.